The zero-order valence-corrected chi connectivity index (χ0v) is 12.8. The Kier molecular flexibility index (Phi) is 4.15. The molecular formula is C18H17F4NO. The van der Waals surface area contributed by atoms with Crippen LogP contribution in [0.3, 0.4) is 0 Å². The van der Waals surface area contributed by atoms with Gasteiger partial charge in [0.1, 0.15) is 11.6 Å². The van der Waals surface area contributed by atoms with E-state index in [4.69, 9.17) is 0 Å². The SMILES string of the molecule is C=C[C@@H]1C2=CCCC(F)=C2N[C@H](c2cccc(O)c2)[C@@H]1C(F)(F)F. The number of hydrogen-bond acceptors (Lipinski definition) is 2. The molecule has 1 aromatic rings. The molecule has 0 radical (unpaired) electrons. The Balaban J connectivity index is 2.14. The van der Waals surface area contributed by atoms with E-state index in [-0.39, 0.29) is 23.4 Å². The van der Waals surface area contributed by atoms with Gasteiger partial charge in [-0.1, -0.05) is 24.3 Å². The summed E-state index contributed by atoms with van der Waals surface area (Å²) in [6.07, 6.45) is -1.09. The lowest BCUT2D eigenvalue weighted by Crippen LogP contribution is -2.47. The maximum absolute atomic E-state index is 14.2. The monoisotopic (exact) mass is 339 g/mol. The molecule has 3 atom stereocenters. The lowest BCUT2D eigenvalue weighted by molar-refractivity contribution is -0.192. The quantitative estimate of drug-likeness (QED) is 0.592. The minimum absolute atomic E-state index is 0.125. The smallest absolute Gasteiger partial charge is 0.394 e. The summed E-state index contributed by atoms with van der Waals surface area (Å²) in [6, 6.07) is 4.42. The minimum atomic E-state index is -4.51. The largest absolute Gasteiger partial charge is 0.508 e. The maximum atomic E-state index is 14.2. The minimum Gasteiger partial charge on any atom is -0.508 e. The van der Waals surface area contributed by atoms with Crippen molar-refractivity contribution in [1.29, 1.82) is 0 Å². The van der Waals surface area contributed by atoms with Crippen LogP contribution in [0.25, 0.3) is 0 Å². The van der Waals surface area contributed by atoms with Crippen LogP contribution in [0.5, 0.6) is 5.75 Å². The van der Waals surface area contributed by atoms with E-state index in [1.54, 1.807) is 6.08 Å². The molecule has 0 unspecified atom stereocenters. The zero-order chi connectivity index (χ0) is 17.5. The second-order valence-electron chi connectivity index (χ2n) is 6.02. The summed E-state index contributed by atoms with van der Waals surface area (Å²) in [7, 11) is 0. The molecule has 2 nitrogen and oxygen atoms in total. The van der Waals surface area contributed by atoms with Gasteiger partial charge in [0, 0.05) is 12.3 Å². The molecule has 0 aromatic heterocycles. The van der Waals surface area contributed by atoms with E-state index in [2.05, 4.69) is 11.9 Å². The number of fused-ring (bicyclic) bond motifs is 1. The summed E-state index contributed by atoms with van der Waals surface area (Å²) in [6.45, 7) is 3.55. The number of piperidine rings is 1. The molecule has 1 aliphatic carbocycles. The summed E-state index contributed by atoms with van der Waals surface area (Å²) in [5.41, 5.74) is 0.696. The first-order valence-electron chi connectivity index (χ1n) is 7.66. The molecule has 3 rings (SSSR count). The fourth-order valence-electron chi connectivity index (χ4n) is 3.52. The normalized spacial score (nSPS) is 27.2. The van der Waals surface area contributed by atoms with Crippen molar-refractivity contribution in [3.8, 4) is 5.75 Å². The molecule has 2 N–H and O–H groups in total. The van der Waals surface area contributed by atoms with E-state index < -0.39 is 29.9 Å². The number of rotatable bonds is 2. The van der Waals surface area contributed by atoms with Gasteiger partial charge < -0.3 is 10.4 Å². The van der Waals surface area contributed by atoms with E-state index in [0.717, 1.165) is 0 Å². The van der Waals surface area contributed by atoms with E-state index in [0.29, 0.717) is 12.0 Å². The highest BCUT2D eigenvalue weighted by Crippen LogP contribution is 2.51. The van der Waals surface area contributed by atoms with Gasteiger partial charge in [-0.2, -0.15) is 13.2 Å². The Labute approximate surface area is 137 Å². The summed E-state index contributed by atoms with van der Waals surface area (Å²) in [5.74, 6) is -3.41. The van der Waals surface area contributed by atoms with Crippen LogP contribution in [-0.2, 0) is 0 Å². The van der Waals surface area contributed by atoms with Gasteiger partial charge in [0.15, 0.2) is 0 Å². The number of benzene rings is 1. The molecule has 0 spiro atoms. The zero-order valence-electron chi connectivity index (χ0n) is 12.8. The molecule has 1 saturated heterocycles. The highest BCUT2D eigenvalue weighted by Gasteiger charge is 2.53. The molecule has 24 heavy (non-hydrogen) atoms. The molecule has 0 amide bonds. The van der Waals surface area contributed by atoms with Crippen molar-refractivity contribution in [2.75, 3.05) is 0 Å². The highest BCUT2D eigenvalue weighted by molar-refractivity contribution is 5.44. The van der Waals surface area contributed by atoms with Gasteiger partial charge in [-0.3, -0.25) is 0 Å². The van der Waals surface area contributed by atoms with Gasteiger partial charge in [0.2, 0.25) is 0 Å². The second kappa shape index (κ2) is 6.00. The standard InChI is InChI=1S/C18H17F4NO/c1-2-12-13-7-4-8-14(19)17(13)23-16(15(12)18(20,21)22)10-5-3-6-11(24)9-10/h2-3,5-7,9,12,15-16,23-24H,1,4,8H2/t12-,15-,16-/m1/s1. The fourth-order valence-corrected chi connectivity index (χ4v) is 3.52. The van der Waals surface area contributed by atoms with E-state index in [1.807, 2.05) is 0 Å². The van der Waals surface area contributed by atoms with Gasteiger partial charge in [0.05, 0.1) is 17.7 Å². The third-order valence-corrected chi connectivity index (χ3v) is 4.55. The third kappa shape index (κ3) is 2.81. The van der Waals surface area contributed by atoms with Gasteiger partial charge in [0.25, 0.3) is 0 Å². The van der Waals surface area contributed by atoms with Crippen LogP contribution in [0.4, 0.5) is 17.6 Å². The van der Waals surface area contributed by atoms with Crippen molar-refractivity contribution in [1.82, 2.24) is 5.32 Å². The van der Waals surface area contributed by atoms with Crippen LogP contribution >= 0.6 is 0 Å². The molecule has 0 bridgehead atoms. The Morgan fingerprint density at radius 3 is 2.67 bits per heavy atom. The fraction of sp³-hybridized carbons (Fsp3) is 0.333. The predicted molar refractivity (Wildman–Crippen MR) is 82.7 cm³/mol. The van der Waals surface area contributed by atoms with Crippen molar-refractivity contribution in [2.45, 2.75) is 25.1 Å². The summed E-state index contributed by atoms with van der Waals surface area (Å²) in [5, 5.41) is 12.3. The first kappa shape index (κ1) is 16.6. The van der Waals surface area contributed by atoms with E-state index >= 15 is 0 Å². The van der Waals surface area contributed by atoms with Crippen LogP contribution in [0.1, 0.15) is 24.4 Å². The molecule has 128 valence electrons. The van der Waals surface area contributed by atoms with E-state index in [9.17, 15) is 22.7 Å². The molecule has 0 saturated carbocycles. The van der Waals surface area contributed by atoms with Gasteiger partial charge in [-0.05, 0) is 29.7 Å². The topological polar surface area (TPSA) is 32.3 Å². The molecule has 2 aliphatic rings. The van der Waals surface area contributed by atoms with Crippen molar-refractivity contribution in [3.05, 3.63) is 65.7 Å². The van der Waals surface area contributed by atoms with Crippen molar-refractivity contribution in [3.63, 3.8) is 0 Å². The van der Waals surface area contributed by atoms with Crippen molar-refractivity contribution < 1.29 is 22.7 Å². The van der Waals surface area contributed by atoms with Crippen molar-refractivity contribution >= 4 is 0 Å². The highest BCUT2D eigenvalue weighted by atomic mass is 19.4. The lowest BCUT2D eigenvalue weighted by atomic mass is 9.72. The van der Waals surface area contributed by atoms with Crippen LogP contribution in [0.15, 0.2) is 60.1 Å². The number of allylic oxidation sites excluding steroid dienone is 4. The van der Waals surface area contributed by atoms with Crippen LogP contribution in [-0.4, -0.2) is 11.3 Å². The van der Waals surface area contributed by atoms with Gasteiger partial charge >= 0.3 is 6.18 Å². The van der Waals surface area contributed by atoms with Crippen LogP contribution < -0.4 is 5.32 Å². The second-order valence-corrected chi connectivity index (χ2v) is 6.02. The van der Waals surface area contributed by atoms with Gasteiger partial charge in [-0.25, -0.2) is 4.39 Å². The maximum Gasteiger partial charge on any atom is 0.394 e. The first-order valence-corrected chi connectivity index (χ1v) is 7.66. The number of aromatic hydroxyl groups is 1. The number of alkyl halides is 3. The number of phenols is 1. The average Bonchev–Trinajstić information content (AvgIpc) is 2.52. The Hall–Kier alpha value is -2.24. The summed E-state index contributed by atoms with van der Waals surface area (Å²) < 4.78 is 55.6. The number of hydrogen-bond donors (Lipinski definition) is 2. The summed E-state index contributed by atoms with van der Waals surface area (Å²) >= 11 is 0. The number of nitrogens with one attached hydrogen (secondary N) is 1. The Morgan fingerprint density at radius 2 is 2.04 bits per heavy atom. The molecule has 1 aliphatic heterocycles. The molecule has 1 aromatic carbocycles. The molecular weight excluding hydrogens is 322 g/mol. The van der Waals surface area contributed by atoms with Crippen LogP contribution in [0, 0.1) is 11.8 Å². The van der Waals surface area contributed by atoms with Crippen LogP contribution in [0.2, 0.25) is 0 Å². The van der Waals surface area contributed by atoms with E-state index in [1.165, 1.54) is 30.3 Å². The van der Waals surface area contributed by atoms with Crippen molar-refractivity contribution in [2.24, 2.45) is 11.8 Å². The summed E-state index contributed by atoms with van der Waals surface area (Å²) in [4.78, 5) is 0. The lowest BCUT2D eigenvalue weighted by Gasteiger charge is -2.43. The first-order chi connectivity index (χ1) is 11.3. The predicted octanol–water partition coefficient (Wildman–Crippen LogP) is 4.92. The molecule has 1 fully saturated rings. The third-order valence-electron chi connectivity index (χ3n) is 4.55. The average molecular weight is 339 g/mol. The number of phenolic OH excluding ortho intramolecular Hbond substituents is 1. The van der Waals surface area contributed by atoms with Gasteiger partial charge in [-0.15, -0.1) is 6.58 Å². The Bertz CT molecular complexity index is 720. The molecule has 1 heterocycles. The Morgan fingerprint density at radius 1 is 1.29 bits per heavy atom. The molecule has 6 heteroatoms. The number of halogens is 4.